The molecule has 1 aliphatic heterocycles. The summed E-state index contributed by atoms with van der Waals surface area (Å²) in [7, 11) is 0. The number of hydrogen-bond acceptors (Lipinski definition) is 7. The zero-order valence-electron chi connectivity index (χ0n) is 22.1. The van der Waals surface area contributed by atoms with Gasteiger partial charge < -0.3 is 20.6 Å². The normalized spacial score (nSPS) is 14.5. The maximum Gasteiger partial charge on any atom is 0.326 e. The number of nitrogens with one attached hydrogen (secondary N) is 2. The third kappa shape index (κ3) is 7.10. The van der Waals surface area contributed by atoms with Gasteiger partial charge in [0.15, 0.2) is 0 Å². The van der Waals surface area contributed by atoms with Gasteiger partial charge in [-0.2, -0.15) is 0 Å². The van der Waals surface area contributed by atoms with Gasteiger partial charge in [0.1, 0.15) is 11.9 Å². The number of pyridine rings is 1. The molecule has 0 saturated carbocycles. The van der Waals surface area contributed by atoms with Crippen LogP contribution in [0.5, 0.6) is 0 Å². The molecule has 1 aromatic heterocycles. The first-order valence-electron chi connectivity index (χ1n) is 13.0. The van der Waals surface area contributed by atoms with Crippen molar-refractivity contribution in [1.82, 2.24) is 10.3 Å². The van der Waals surface area contributed by atoms with Crippen molar-refractivity contribution in [2.24, 2.45) is 5.92 Å². The number of hydrogen-bond donors (Lipinski definition) is 3. The number of amides is 1. The molecule has 0 spiro atoms. The molecule has 4 rings (SSSR count). The van der Waals surface area contributed by atoms with Crippen molar-refractivity contribution in [3.05, 3.63) is 93.2 Å². The molecule has 39 heavy (non-hydrogen) atoms. The van der Waals surface area contributed by atoms with E-state index in [1.54, 1.807) is 20.0 Å². The maximum atomic E-state index is 12.9. The Morgan fingerprint density at radius 1 is 1.10 bits per heavy atom. The molecular weight excluding hydrogens is 498 g/mol. The van der Waals surface area contributed by atoms with Gasteiger partial charge in [0.2, 0.25) is 0 Å². The van der Waals surface area contributed by atoms with E-state index in [-0.39, 0.29) is 17.7 Å². The van der Waals surface area contributed by atoms with Crippen molar-refractivity contribution in [2.75, 3.05) is 29.9 Å². The van der Waals surface area contributed by atoms with E-state index >= 15 is 0 Å². The van der Waals surface area contributed by atoms with Crippen LogP contribution in [0.15, 0.2) is 60.8 Å². The van der Waals surface area contributed by atoms with Gasteiger partial charge in [0.25, 0.3) is 11.6 Å². The number of carboxylic acid groups (broad SMARTS) is 1. The molecule has 3 N–H and O–H groups in total. The van der Waals surface area contributed by atoms with Crippen LogP contribution in [0.25, 0.3) is 0 Å². The fraction of sp³-hybridized carbons (Fsp3) is 0.345. The second-order valence-electron chi connectivity index (χ2n) is 9.97. The number of carbonyl (C=O) groups excluding carboxylic acids is 1. The van der Waals surface area contributed by atoms with Crippen molar-refractivity contribution in [3.8, 4) is 0 Å². The molecule has 1 atom stereocenters. The molecule has 1 amide bonds. The summed E-state index contributed by atoms with van der Waals surface area (Å²) in [6.07, 6.45) is 4.03. The number of benzene rings is 2. The Bertz CT molecular complexity index is 1300. The topological polar surface area (TPSA) is 138 Å². The van der Waals surface area contributed by atoms with Crippen LogP contribution < -0.4 is 15.5 Å². The summed E-state index contributed by atoms with van der Waals surface area (Å²) in [6, 6.07) is 15.1. The monoisotopic (exact) mass is 531 g/mol. The Hall–Kier alpha value is -4.47. The second kappa shape index (κ2) is 12.4. The van der Waals surface area contributed by atoms with Crippen LogP contribution in [-0.4, -0.2) is 52.6 Å². The molecule has 1 fully saturated rings. The number of anilines is 2. The van der Waals surface area contributed by atoms with Crippen molar-refractivity contribution < 1.29 is 19.6 Å². The third-order valence-electron chi connectivity index (χ3n) is 7.15. The molecule has 1 saturated heterocycles. The van der Waals surface area contributed by atoms with Gasteiger partial charge in [-0.05, 0) is 73.6 Å². The summed E-state index contributed by atoms with van der Waals surface area (Å²) in [5.74, 6) is -0.245. The van der Waals surface area contributed by atoms with Crippen LogP contribution in [-0.2, 0) is 11.2 Å². The number of nitrogens with zero attached hydrogens (tertiary/aromatic N) is 3. The van der Waals surface area contributed by atoms with Crippen LogP contribution in [0.2, 0.25) is 0 Å². The van der Waals surface area contributed by atoms with E-state index in [2.05, 4.69) is 20.5 Å². The Morgan fingerprint density at radius 3 is 2.33 bits per heavy atom. The Morgan fingerprint density at radius 2 is 1.77 bits per heavy atom. The molecule has 10 heteroatoms. The van der Waals surface area contributed by atoms with Crippen LogP contribution in [0.3, 0.4) is 0 Å². The van der Waals surface area contributed by atoms with Gasteiger partial charge >= 0.3 is 5.97 Å². The molecular formula is C29H33N5O5. The first-order chi connectivity index (χ1) is 18.7. The Balaban J connectivity index is 1.32. The number of carbonyl (C=O) groups is 2. The van der Waals surface area contributed by atoms with E-state index in [9.17, 15) is 24.8 Å². The van der Waals surface area contributed by atoms with Crippen molar-refractivity contribution in [3.63, 3.8) is 0 Å². The Kier molecular flexibility index (Phi) is 8.75. The van der Waals surface area contributed by atoms with Crippen LogP contribution >= 0.6 is 0 Å². The van der Waals surface area contributed by atoms with Gasteiger partial charge in [-0.1, -0.05) is 18.2 Å². The van der Waals surface area contributed by atoms with Gasteiger partial charge in [-0.3, -0.25) is 14.9 Å². The smallest absolute Gasteiger partial charge is 0.326 e. The molecule has 2 aromatic carbocycles. The summed E-state index contributed by atoms with van der Waals surface area (Å²) in [5, 5.41) is 26.9. The summed E-state index contributed by atoms with van der Waals surface area (Å²) in [6.45, 7) is 5.97. The van der Waals surface area contributed by atoms with Gasteiger partial charge in [-0.25, -0.2) is 9.78 Å². The van der Waals surface area contributed by atoms with Crippen LogP contribution in [0.1, 0.15) is 39.9 Å². The highest BCUT2D eigenvalue weighted by molar-refractivity contribution is 5.99. The zero-order chi connectivity index (χ0) is 27.9. The lowest BCUT2D eigenvalue weighted by Gasteiger charge is -2.34. The van der Waals surface area contributed by atoms with Gasteiger partial charge in [-0.15, -0.1) is 0 Å². The number of rotatable bonds is 10. The van der Waals surface area contributed by atoms with Crippen molar-refractivity contribution in [1.29, 1.82) is 0 Å². The van der Waals surface area contributed by atoms with E-state index in [0.29, 0.717) is 17.0 Å². The van der Waals surface area contributed by atoms with E-state index in [0.717, 1.165) is 49.5 Å². The average molecular weight is 532 g/mol. The first kappa shape index (κ1) is 27.6. The van der Waals surface area contributed by atoms with E-state index in [4.69, 9.17) is 0 Å². The minimum Gasteiger partial charge on any atom is -0.480 e. The maximum absolute atomic E-state index is 12.9. The highest BCUT2D eigenvalue weighted by atomic mass is 16.6. The molecule has 10 nitrogen and oxygen atoms in total. The number of aryl methyl sites for hydroxylation is 2. The highest BCUT2D eigenvalue weighted by Gasteiger charge is 2.25. The van der Waals surface area contributed by atoms with Crippen molar-refractivity contribution in [2.45, 2.75) is 39.2 Å². The molecule has 1 aliphatic rings. The minimum absolute atomic E-state index is 0.109. The lowest BCUT2D eigenvalue weighted by molar-refractivity contribution is -0.385. The molecule has 0 bridgehead atoms. The highest BCUT2D eigenvalue weighted by Crippen LogP contribution is 2.25. The summed E-state index contributed by atoms with van der Waals surface area (Å²) in [5.41, 5.74) is 2.86. The number of nitro groups is 1. The number of carboxylic acids is 1. The van der Waals surface area contributed by atoms with Gasteiger partial charge in [0, 0.05) is 55.6 Å². The SMILES string of the molecule is Cc1cc([N+](=O)[O-])cc(C)c1C(=O)NC(Cc1ccc(N2CCC(CNc3ccccn3)CC2)cc1)C(=O)O. The van der Waals surface area contributed by atoms with Crippen LogP contribution in [0, 0.1) is 29.9 Å². The zero-order valence-corrected chi connectivity index (χ0v) is 22.1. The average Bonchev–Trinajstić information content (AvgIpc) is 2.92. The fourth-order valence-electron chi connectivity index (χ4n) is 5.02. The quantitative estimate of drug-likeness (QED) is 0.259. The predicted octanol–water partition coefficient (Wildman–Crippen LogP) is 4.36. The lowest BCUT2D eigenvalue weighted by atomic mass is 9.96. The largest absolute Gasteiger partial charge is 0.480 e. The standard InChI is InChI=1S/C29H33N5O5/c1-19-15-24(34(38)39)16-20(2)27(19)28(35)32-25(29(36)37)17-21-6-8-23(9-7-21)33-13-10-22(11-14-33)18-31-26-5-3-4-12-30-26/h3-9,12,15-16,22,25H,10-11,13-14,17-18H2,1-2H3,(H,30,31)(H,32,35)(H,36,37). The third-order valence-corrected chi connectivity index (χ3v) is 7.15. The minimum atomic E-state index is -1.15. The lowest BCUT2D eigenvalue weighted by Crippen LogP contribution is -2.42. The number of non-ortho nitro benzene ring substituents is 1. The Labute approximate surface area is 227 Å². The predicted molar refractivity (Wildman–Crippen MR) is 149 cm³/mol. The molecule has 1 unspecified atom stereocenters. The molecule has 3 aromatic rings. The van der Waals surface area contributed by atoms with E-state index in [1.165, 1.54) is 12.1 Å². The fourth-order valence-corrected chi connectivity index (χ4v) is 5.02. The van der Waals surface area contributed by atoms with E-state index in [1.807, 2.05) is 42.5 Å². The number of aliphatic carboxylic acids is 1. The number of aromatic nitrogens is 1. The van der Waals surface area contributed by atoms with Crippen LogP contribution in [0.4, 0.5) is 17.2 Å². The molecule has 204 valence electrons. The summed E-state index contributed by atoms with van der Waals surface area (Å²) in [4.78, 5) is 42.1. The number of nitro benzene ring substituents is 1. The number of piperidine rings is 1. The van der Waals surface area contributed by atoms with Crippen molar-refractivity contribution >= 4 is 29.1 Å². The molecule has 2 heterocycles. The molecule has 0 radical (unpaired) electrons. The summed E-state index contributed by atoms with van der Waals surface area (Å²) >= 11 is 0. The van der Waals surface area contributed by atoms with E-state index < -0.39 is 22.8 Å². The molecule has 0 aliphatic carbocycles. The second-order valence-corrected chi connectivity index (χ2v) is 9.97. The van der Waals surface area contributed by atoms with Gasteiger partial charge in [0.05, 0.1) is 4.92 Å². The first-order valence-corrected chi connectivity index (χ1v) is 13.0. The summed E-state index contributed by atoms with van der Waals surface area (Å²) < 4.78 is 0.